The van der Waals surface area contributed by atoms with E-state index in [-0.39, 0.29) is 5.91 Å². The van der Waals surface area contributed by atoms with E-state index >= 15 is 0 Å². The van der Waals surface area contributed by atoms with E-state index in [2.05, 4.69) is 20.8 Å². The highest BCUT2D eigenvalue weighted by molar-refractivity contribution is 6.03. The van der Waals surface area contributed by atoms with Crippen molar-refractivity contribution in [2.24, 2.45) is 0 Å². The number of ether oxygens (including phenoxy) is 2. The van der Waals surface area contributed by atoms with Gasteiger partial charge in [-0.3, -0.25) is 4.79 Å². The van der Waals surface area contributed by atoms with Crippen LogP contribution in [0.4, 0.5) is 11.6 Å². The molecule has 0 unspecified atom stereocenters. The van der Waals surface area contributed by atoms with Crippen LogP contribution in [0.25, 0.3) is 0 Å². The maximum Gasteiger partial charge on any atom is 0.256 e. The number of hydrogen-bond donors (Lipinski definition) is 2. The molecular weight excluding hydrogens is 356 g/mol. The summed E-state index contributed by atoms with van der Waals surface area (Å²) in [7, 11) is 3.21. The van der Waals surface area contributed by atoms with E-state index in [1.165, 1.54) is 5.56 Å². The van der Waals surface area contributed by atoms with E-state index < -0.39 is 0 Å². The lowest BCUT2D eigenvalue weighted by atomic mass is 10.1. The number of benzene rings is 2. The van der Waals surface area contributed by atoms with E-state index in [0.717, 1.165) is 18.7 Å². The quantitative estimate of drug-likeness (QED) is 0.625. The zero-order chi connectivity index (χ0) is 19.8. The summed E-state index contributed by atoms with van der Waals surface area (Å²) in [6.45, 7) is 0.719. The van der Waals surface area contributed by atoms with Crippen molar-refractivity contribution in [3.63, 3.8) is 0 Å². The third-order valence-corrected chi connectivity index (χ3v) is 4.12. The molecule has 28 heavy (non-hydrogen) atoms. The molecule has 0 radical (unpaired) electrons. The molecule has 1 aromatic heterocycles. The summed E-state index contributed by atoms with van der Waals surface area (Å²) >= 11 is 0. The van der Waals surface area contributed by atoms with Crippen LogP contribution in [0.5, 0.6) is 11.5 Å². The summed E-state index contributed by atoms with van der Waals surface area (Å²) in [6, 6.07) is 18.3. The average Bonchev–Trinajstić information content (AvgIpc) is 2.75. The highest BCUT2D eigenvalue weighted by atomic mass is 16.5. The lowest BCUT2D eigenvalue weighted by molar-refractivity contribution is 0.102. The van der Waals surface area contributed by atoms with Gasteiger partial charge in [0, 0.05) is 12.1 Å². The molecule has 2 aromatic carbocycles. The van der Waals surface area contributed by atoms with Crippen LogP contribution < -0.4 is 20.1 Å². The standard InChI is InChI=1S/C21H22N4O3/c1-27-17-8-6-15(7-9-17)12-13-22-19-10-11-20(25-24-19)23-21(26)16-4-3-5-18(14-16)28-2/h3-11,14H,12-13H2,1-2H3,(H,22,24)(H,23,25,26). The van der Waals surface area contributed by atoms with Crippen LogP contribution in [0.2, 0.25) is 0 Å². The molecule has 7 heteroatoms. The van der Waals surface area contributed by atoms with Crippen molar-refractivity contribution < 1.29 is 14.3 Å². The van der Waals surface area contributed by atoms with Crippen molar-refractivity contribution in [2.75, 3.05) is 31.4 Å². The topological polar surface area (TPSA) is 85.4 Å². The number of rotatable bonds is 8. The molecular formula is C21H22N4O3. The number of aromatic nitrogens is 2. The summed E-state index contributed by atoms with van der Waals surface area (Å²) in [5.41, 5.74) is 1.69. The highest BCUT2D eigenvalue weighted by Gasteiger charge is 2.08. The molecule has 2 N–H and O–H groups in total. The molecule has 0 aliphatic rings. The zero-order valence-electron chi connectivity index (χ0n) is 15.8. The molecule has 144 valence electrons. The number of nitrogens with zero attached hydrogens (tertiary/aromatic N) is 2. The number of carbonyl (C=O) groups excluding carboxylic acids is 1. The Bertz CT molecular complexity index is 912. The Morgan fingerprint density at radius 3 is 2.29 bits per heavy atom. The first-order valence-corrected chi connectivity index (χ1v) is 8.84. The molecule has 0 saturated heterocycles. The molecule has 0 aliphatic heterocycles. The molecule has 0 spiro atoms. The van der Waals surface area contributed by atoms with Gasteiger partial charge in [0.2, 0.25) is 0 Å². The van der Waals surface area contributed by atoms with Crippen LogP contribution >= 0.6 is 0 Å². The first-order chi connectivity index (χ1) is 13.7. The van der Waals surface area contributed by atoms with Gasteiger partial charge < -0.3 is 20.1 Å². The predicted molar refractivity (Wildman–Crippen MR) is 108 cm³/mol. The van der Waals surface area contributed by atoms with Crippen LogP contribution in [0.15, 0.2) is 60.7 Å². The fraction of sp³-hybridized carbons (Fsp3) is 0.190. The van der Waals surface area contributed by atoms with Crippen molar-refractivity contribution in [3.8, 4) is 11.5 Å². The Labute approximate surface area is 163 Å². The third kappa shape index (κ3) is 5.20. The first-order valence-electron chi connectivity index (χ1n) is 8.84. The Balaban J connectivity index is 1.50. The zero-order valence-corrected chi connectivity index (χ0v) is 15.8. The fourth-order valence-corrected chi connectivity index (χ4v) is 2.57. The molecule has 3 aromatic rings. The van der Waals surface area contributed by atoms with Gasteiger partial charge in [-0.15, -0.1) is 10.2 Å². The minimum Gasteiger partial charge on any atom is -0.497 e. The number of amides is 1. The van der Waals surface area contributed by atoms with Crippen LogP contribution in [-0.2, 0) is 6.42 Å². The normalized spacial score (nSPS) is 10.2. The SMILES string of the molecule is COc1ccc(CCNc2ccc(NC(=O)c3cccc(OC)c3)nn2)cc1. The highest BCUT2D eigenvalue weighted by Crippen LogP contribution is 2.15. The lowest BCUT2D eigenvalue weighted by Crippen LogP contribution is -2.14. The van der Waals surface area contributed by atoms with Gasteiger partial charge in [0.05, 0.1) is 14.2 Å². The Kier molecular flexibility index (Phi) is 6.41. The Hall–Kier alpha value is -3.61. The van der Waals surface area contributed by atoms with Gasteiger partial charge in [0.15, 0.2) is 5.82 Å². The van der Waals surface area contributed by atoms with Crippen LogP contribution in [0.3, 0.4) is 0 Å². The van der Waals surface area contributed by atoms with Crippen molar-refractivity contribution in [1.82, 2.24) is 10.2 Å². The summed E-state index contributed by atoms with van der Waals surface area (Å²) < 4.78 is 10.3. The Morgan fingerprint density at radius 2 is 1.61 bits per heavy atom. The third-order valence-electron chi connectivity index (χ3n) is 4.12. The van der Waals surface area contributed by atoms with Gasteiger partial charge in [-0.2, -0.15) is 0 Å². The smallest absolute Gasteiger partial charge is 0.256 e. The number of carbonyl (C=O) groups is 1. The maximum absolute atomic E-state index is 12.3. The van der Waals surface area contributed by atoms with Gasteiger partial charge in [-0.25, -0.2) is 0 Å². The molecule has 0 aliphatic carbocycles. The van der Waals surface area contributed by atoms with Gasteiger partial charge in [-0.05, 0) is 54.4 Å². The van der Waals surface area contributed by atoms with Gasteiger partial charge in [0.25, 0.3) is 5.91 Å². The molecule has 0 atom stereocenters. The van der Waals surface area contributed by atoms with Crippen molar-refractivity contribution in [1.29, 1.82) is 0 Å². The summed E-state index contributed by atoms with van der Waals surface area (Å²) in [5.74, 6) is 2.22. The minimum atomic E-state index is -0.270. The molecule has 0 saturated carbocycles. The minimum absolute atomic E-state index is 0.270. The first kappa shape index (κ1) is 19.2. The molecule has 0 fully saturated rings. The van der Waals surface area contributed by atoms with E-state index in [4.69, 9.17) is 9.47 Å². The molecule has 7 nitrogen and oxygen atoms in total. The molecule has 1 amide bonds. The van der Waals surface area contributed by atoms with Crippen LogP contribution in [-0.4, -0.2) is 36.9 Å². The molecule has 3 rings (SSSR count). The van der Waals surface area contributed by atoms with E-state index in [9.17, 15) is 4.79 Å². The fourth-order valence-electron chi connectivity index (χ4n) is 2.57. The largest absolute Gasteiger partial charge is 0.497 e. The second-order valence-corrected chi connectivity index (χ2v) is 6.01. The number of hydrogen-bond acceptors (Lipinski definition) is 6. The van der Waals surface area contributed by atoms with Gasteiger partial charge >= 0.3 is 0 Å². The van der Waals surface area contributed by atoms with E-state index in [1.807, 2.05) is 24.3 Å². The van der Waals surface area contributed by atoms with E-state index in [1.54, 1.807) is 50.6 Å². The van der Waals surface area contributed by atoms with Crippen molar-refractivity contribution in [3.05, 3.63) is 71.8 Å². The second kappa shape index (κ2) is 9.36. The van der Waals surface area contributed by atoms with Crippen LogP contribution in [0.1, 0.15) is 15.9 Å². The molecule has 0 bridgehead atoms. The van der Waals surface area contributed by atoms with Gasteiger partial charge in [0.1, 0.15) is 17.3 Å². The van der Waals surface area contributed by atoms with E-state index in [0.29, 0.717) is 22.9 Å². The summed E-state index contributed by atoms with van der Waals surface area (Å²) in [4.78, 5) is 12.3. The van der Waals surface area contributed by atoms with Crippen molar-refractivity contribution >= 4 is 17.5 Å². The van der Waals surface area contributed by atoms with Gasteiger partial charge in [-0.1, -0.05) is 18.2 Å². The van der Waals surface area contributed by atoms with Crippen molar-refractivity contribution in [2.45, 2.75) is 6.42 Å². The maximum atomic E-state index is 12.3. The number of methoxy groups -OCH3 is 2. The Morgan fingerprint density at radius 1 is 0.893 bits per heavy atom. The molecule has 1 heterocycles. The monoisotopic (exact) mass is 378 g/mol. The lowest BCUT2D eigenvalue weighted by Gasteiger charge is -2.08. The summed E-state index contributed by atoms with van der Waals surface area (Å²) in [6.07, 6.45) is 0.847. The second-order valence-electron chi connectivity index (χ2n) is 6.01. The summed E-state index contributed by atoms with van der Waals surface area (Å²) in [5, 5.41) is 14.1. The van der Waals surface area contributed by atoms with Crippen LogP contribution in [0, 0.1) is 0 Å². The number of nitrogens with one attached hydrogen (secondary N) is 2. The predicted octanol–water partition coefficient (Wildman–Crippen LogP) is 3.40. The average molecular weight is 378 g/mol. The number of anilines is 2.